The van der Waals surface area contributed by atoms with E-state index in [-0.39, 0.29) is 24.4 Å². The van der Waals surface area contributed by atoms with Gasteiger partial charge in [-0.05, 0) is 55.7 Å². The normalized spacial score (nSPS) is 12.0. The van der Waals surface area contributed by atoms with Gasteiger partial charge in [-0.25, -0.2) is 8.42 Å². The zero-order chi connectivity index (χ0) is 23.2. The molecule has 2 amide bonds. The summed E-state index contributed by atoms with van der Waals surface area (Å²) in [7, 11) is -3.75. The molecule has 0 saturated heterocycles. The van der Waals surface area contributed by atoms with E-state index in [4.69, 9.17) is 0 Å². The van der Waals surface area contributed by atoms with Crippen LogP contribution in [0.1, 0.15) is 34.8 Å². The van der Waals surface area contributed by atoms with Gasteiger partial charge in [0, 0.05) is 6.54 Å². The Hall–Kier alpha value is -3.13. The number of carbonyl (C=O) groups excluding carboxylic acids is 2. The second-order valence-corrected chi connectivity index (χ2v) is 9.14. The van der Waals surface area contributed by atoms with Crippen molar-refractivity contribution in [3.05, 3.63) is 71.8 Å². The van der Waals surface area contributed by atoms with Crippen LogP contribution >= 0.6 is 0 Å². The van der Waals surface area contributed by atoms with Crippen LogP contribution in [0, 0.1) is 13.8 Å². The first-order valence-electron chi connectivity index (χ1n) is 9.95. The first-order chi connectivity index (χ1) is 14.6. The Kier molecular flexibility index (Phi) is 7.99. The first-order valence-corrected chi connectivity index (χ1v) is 11.8. The van der Waals surface area contributed by atoms with Gasteiger partial charge in [0.2, 0.25) is 15.9 Å². The number of anilines is 2. The van der Waals surface area contributed by atoms with Gasteiger partial charge in [-0.15, -0.1) is 6.58 Å². The first kappa shape index (κ1) is 24.1. The highest BCUT2D eigenvalue weighted by molar-refractivity contribution is 7.92. The largest absolute Gasteiger partial charge is 0.349 e. The summed E-state index contributed by atoms with van der Waals surface area (Å²) in [5.41, 5.74) is 2.95. The summed E-state index contributed by atoms with van der Waals surface area (Å²) in [6, 6.07) is 10.9. The van der Waals surface area contributed by atoms with E-state index in [0.717, 1.165) is 21.7 Å². The number of aryl methyl sites for hydroxylation is 2. The lowest BCUT2D eigenvalue weighted by Crippen LogP contribution is -2.47. The van der Waals surface area contributed by atoms with E-state index in [1.54, 1.807) is 49.4 Å². The molecule has 2 aromatic rings. The molecule has 0 radical (unpaired) electrons. The monoisotopic (exact) mass is 443 g/mol. The van der Waals surface area contributed by atoms with Gasteiger partial charge in [0.1, 0.15) is 6.04 Å². The number of amides is 2. The summed E-state index contributed by atoms with van der Waals surface area (Å²) in [4.78, 5) is 25.6. The molecule has 7 nitrogen and oxygen atoms in total. The van der Waals surface area contributed by atoms with Crippen molar-refractivity contribution in [2.45, 2.75) is 33.2 Å². The van der Waals surface area contributed by atoms with Crippen LogP contribution in [0.5, 0.6) is 0 Å². The minimum atomic E-state index is -3.75. The highest BCUT2D eigenvalue weighted by Gasteiger charge is 2.32. The van der Waals surface area contributed by atoms with Crippen LogP contribution in [0.3, 0.4) is 0 Å². The van der Waals surface area contributed by atoms with Crippen molar-refractivity contribution in [2.75, 3.05) is 22.4 Å². The molecule has 1 unspecified atom stereocenters. The van der Waals surface area contributed by atoms with Gasteiger partial charge in [-0.2, -0.15) is 0 Å². The van der Waals surface area contributed by atoms with Crippen molar-refractivity contribution in [3.8, 4) is 0 Å². The van der Waals surface area contributed by atoms with Gasteiger partial charge in [-0.3, -0.25) is 13.9 Å². The number of carbonyl (C=O) groups is 2. The number of nitrogens with zero attached hydrogens (tertiary/aromatic N) is 1. The molecule has 0 spiro atoms. The summed E-state index contributed by atoms with van der Waals surface area (Å²) in [6.45, 7) is 9.41. The molecule has 2 aromatic carbocycles. The quantitative estimate of drug-likeness (QED) is 0.581. The molecular formula is C23H29N3O4S. The predicted molar refractivity (Wildman–Crippen MR) is 125 cm³/mol. The summed E-state index contributed by atoms with van der Waals surface area (Å²) >= 11 is 0. The van der Waals surface area contributed by atoms with E-state index in [9.17, 15) is 18.0 Å². The number of para-hydroxylation sites is 1. The molecule has 31 heavy (non-hydrogen) atoms. The number of benzene rings is 2. The van der Waals surface area contributed by atoms with E-state index in [1.165, 1.54) is 0 Å². The smallest absolute Gasteiger partial charge is 0.253 e. The van der Waals surface area contributed by atoms with Crippen molar-refractivity contribution >= 4 is 33.2 Å². The van der Waals surface area contributed by atoms with Crippen molar-refractivity contribution in [1.29, 1.82) is 0 Å². The SMILES string of the molecule is C=CCNC(=O)c1ccccc1NC(=O)C(CC)N(c1ccc(C)c(C)c1)S(C)(=O)=O. The zero-order valence-electron chi connectivity index (χ0n) is 18.3. The summed E-state index contributed by atoms with van der Waals surface area (Å²) < 4.78 is 26.4. The number of rotatable bonds is 9. The van der Waals surface area contributed by atoms with Crippen LogP contribution in [0.2, 0.25) is 0 Å². The maximum Gasteiger partial charge on any atom is 0.253 e. The van der Waals surface area contributed by atoms with Crippen LogP contribution in [0.25, 0.3) is 0 Å². The van der Waals surface area contributed by atoms with Crippen LogP contribution in [-0.4, -0.2) is 39.1 Å². The van der Waals surface area contributed by atoms with Crippen LogP contribution in [0.4, 0.5) is 11.4 Å². The Morgan fingerprint density at radius 2 is 1.81 bits per heavy atom. The molecule has 0 heterocycles. The number of nitrogens with one attached hydrogen (secondary N) is 2. The third kappa shape index (κ3) is 5.95. The fraction of sp³-hybridized carbons (Fsp3) is 0.304. The molecule has 1 atom stereocenters. The molecular weight excluding hydrogens is 414 g/mol. The number of hydrogen-bond acceptors (Lipinski definition) is 4. The predicted octanol–water partition coefficient (Wildman–Crippen LogP) is 3.40. The summed E-state index contributed by atoms with van der Waals surface area (Å²) in [5, 5.41) is 5.41. The van der Waals surface area contributed by atoms with Crippen LogP contribution < -0.4 is 14.9 Å². The molecule has 0 fully saturated rings. The third-order valence-electron chi connectivity index (χ3n) is 4.91. The summed E-state index contributed by atoms with van der Waals surface area (Å²) in [5.74, 6) is -0.881. The Balaban J connectivity index is 2.40. The molecule has 2 N–H and O–H groups in total. The molecule has 0 aliphatic heterocycles. The van der Waals surface area contributed by atoms with Crippen LogP contribution in [0.15, 0.2) is 55.1 Å². The van der Waals surface area contributed by atoms with E-state index in [2.05, 4.69) is 17.2 Å². The molecule has 0 aliphatic rings. The van der Waals surface area contributed by atoms with Gasteiger partial charge < -0.3 is 10.6 Å². The van der Waals surface area contributed by atoms with Gasteiger partial charge >= 0.3 is 0 Å². The standard InChI is InChI=1S/C23H29N3O4S/c1-6-14-24-22(27)19-10-8-9-11-20(19)25-23(28)21(7-2)26(31(5,29)30)18-13-12-16(3)17(4)15-18/h6,8-13,15,21H,1,7,14H2,2-5H3,(H,24,27)(H,25,28). The fourth-order valence-corrected chi connectivity index (χ4v) is 4.39. The number of sulfonamides is 1. The van der Waals surface area contributed by atoms with E-state index in [0.29, 0.717) is 11.4 Å². The molecule has 8 heteroatoms. The lowest BCUT2D eigenvalue weighted by Gasteiger charge is -2.30. The average Bonchev–Trinajstić information content (AvgIpc) is 2.71. The van der Waals surface area contributed by atoms with Crippen molar-refractivity contribution < 1.29 is 18.0 Å². The van der Waals surface area contributed by atoms with Gasteiger partial charge in [0.25, 0.3) is 5.91 Å². The second-order valence-electron chi connectivity index (χ2n) is 7.28. The Morgan fingerprint density at radius 1 is 1.13 bits per heavy atom. The van der Waals surface area contributed by atoms with Crippen LogP contribution in [-0.2, 0) is 14.8 Å². The van der Waals surface area contributed by atoms with Gasteiger partial charge in [-0.1, -0.05) is 31.2 Å². The van der Waals surface area contributed by atoms with E-state index < -0.39 is 22.0 Å². The molecule has 0 saturated carbocycles. The van der Waals surface area contributed by atoms with Crippen molar-refractivity contribution in [2.24, 2.45) is 0 Å². The highest BCUT2D eigenvalue weighted by Crippen LogP contribution is 2.26. The number of hydrogen-bond donors (Lipinski definition) is 2. The molecule has 2 rings (SSSR count). The topological polar surface area (TPSA) is 95.6 Å². The van der Waals surface area contributed by atoms with E-state index >= 15 is 0 Å². The second kappa shape index (κ2) is 10.3. The minimum Gasteiger partial charge on any atom is -0.349 e. The lowest BCUT2D eigenvalue weighted by molar-refractivity contribution is -0.117. The van der Waals surface area contributed by atoms with Gasteiger partial charge in [0.05, 0.1) is 23.2 Å². The lowest BCUT2D eigenvalue weighted by atomic mass is 10.1. The maximum atomic E-state index is 13.2. The van der Waals surface area contributed by atoms with Crippen molar-refractivity contribution in [1.82, 2.24) is 5.32 Å². The molecule has 0 aromatic heterocycles. The molecule has 0 aliphatic carbocycles. The Bertz CT molecular complexity index is 1080. The van der Waals surface area contributed by atoms with E-state index in [1.807, 2.05) is 19.9 Å². The average molecular weight is 444 g/mol. The Labute approximate surface area is 184 Å². The summed E-state index contributed by atoms with van der Waals surface area (Å²) in [6.07, 6.45) is 2.88. The Morgan fingerprint density at radius 3 is 2.39 bits per heavy atom. The molecule has 166 valence electrons. The third-order valence-corrected chi connectivity index (χ3v) is 6.09. The van der Waals surface area contributed by atoms with Crippen molar-refractivity contribution in [3.63, 3.8) is 0 Å². The minimum absolute atomic E-state index is 0.247. The molecule has 0 bridgehead atoms. The maximum absolute atomic E-state index is 13.2. The zero-order valence-corrected chi connectivity index (χ0v) is 19.1. The van der Waals surface area contributed by atoms with Gasteiger partial charge in [0.15, 0.2) is 0 Å². The highest BCUT2D eigenvalue weighted by atomic mass is 32.2. The fourth-order valence-electron chi connectivity index (χ4n) is 3.19.